The molecule has 1 aliphatic carbocycles. The Bertz CT molecular complexity index is 383. The maximum Gasteiger partial charge on any atom is 0.269 e. The van der Waals surface area contributed by atoms with Crippen molar-refractivity contribution in [2.45, 2.75) is 37.8 Å². The van der Waals surface area contributed by atoms with E-state index in [1.165, 1.54) is 12.1 Å². The maximum absolute atomic E-state index is 10.5. The van der Waals surface area contributed by atoms with Crippen LogP contribution in [-0.2, 0) is 0 Å². The summed E-state index contributed by atoms with van der Waals surface area (Å²) >= 11 is 0. The lowest BCUT2D eigenvalue weighted by atomic mass is 9.92. The Morgan fingerprint density at radius 2 is 1.76 bits per heavy atom. The fraction of sp³-hybridized carbons (Fsp3) is 0.500. The van der Waals surface area contributed by atoms with Crippen LogP contribution in [0.25, 0.3) is 0 Å². The van der Waals surface area contributed by atoms with Gasteiger partial charge in [0.1, 0.15) is 0 Å². The van der Waals surface area contributed by atoms with Crippen molar-refractivity contribution in [1.82, 2.24) is 0 Å². The van der Waals surface area contributed by atoms with Crippen molar-refractivity contribution in [3.63, 3.8) is 0 Å². The lowest BCUT2D eigenvalue weighted by Gasteiger charge is -2.27. The molecule has 17 heavy (non-hydrogen) atoms. The van der Waals surface area contributed by atoms with E-state index in [0.717, 1.165) is 31.4 Å². The number of nitro groups is 1. The number of nitrogens with two attached hydrogens (primary N) is 1. The Morgan fingerprint density at radius 3 is 2.29 bits per heavy atom. The highest BCUT2D eigenvalue weighted by atomic mass is 16.6. The third kappa shape index (κ3) is 3.17. The molecule has 2 rings (SSSR count). The molecule has 0 amide bonds. The highest BCUT2D eigenvalue weighted by Gasteiger charge is 2.18. The van der Waals surface area contributed by atoms with Crippen molar-refractivity contribution in [2.24, 2.45) is 5.73 Å². The van der Waals surface area contributed by atoms with Crippen molar-refractivity contribution in [2.75, 3.05) is 5.32 Å². The van der Waals surface area contributed by atoms with Gasteiger partial charge in [-0.1, -0.05) is 0 Å². The van der Waals surface area contributed by atoms with Crippen LogP contribution in [0.3, 0.4) is 0 Å². The molecule has 0 bridgehead atoms. The predicted octanol–water partition coefficient (Wildman–Crippen LogP) is 2.28. The summed E-state index contributed by atoms with van der Waals surface area (Å²) in [5.41, 5.74) is 6.91. The van der Waals surface area contributed by atoms with Crippen LogP contribution in [0.1, 0.15) is 25.7 Å². The first-order chi connectivity index (χ1) is 8.15. The zero-order valence-corrected chi connectivity index (χ0v) is 9.63. The number of hydrogen-bond donors (Lipinski definition) is 2. The lowest BCUT2D eigenvalue weighted by Crippen LogP contribution is -2.32. The first kappa shape index (κ1) is 11.9. The topological polar surface area (TPSA) is 81.2 Å². The average Bonchev–Trinajstić information content (AvgIpc) is 2.33. The van der Waals surface area contributed by atoms with Gasteiger partial charge in [-0.2, -0.15) is 0 Å². The standard InChI is InChI=1S/C12H17N3O2/c13-9-1-3-10(4-2-9)14-11-5-7-12(8-6-11)15(16)17/h5-10,14H,1-4,13H2. The maximum atomic E-state index is 10.5. The summed E-state index contributed by atoms with van der Waals surface area (Å²) in [5, 5.41) is 13.9. The van der Waals surface area contributed by atoms with Crippen LogP contribution >= 0.6 is 0 Å². The van der Waals surface area contributed by atoms with Crippen molar-refractivity contribution >= 4 is 11.4 Å². The number of rotatable bonds is 3. The van der Waals surface area contributed by atoms with Crippen LogP contribution in [0.4, 0.5) is 11.4 Å². The van der Waals surface area contributed by atoms with Crippen LogP contribution in [0, 0.1) is 10.1 Å². The van der Waals surface area contributed by atoms with E-state index in [1.807, 2.05) is 0 Å². The average molecular weight is 235 g/mol. The van der Waals surface area contributed by atoms with Crippen molar-refractivity contribution in [3.8, 4) is 0 Å². The molecule has 0 spiro atoms. The van der Waals surface area contributed by atoms with Gasteiger partial charge in [-0.05, 0) is 37.8 Å². The van der Waals surface area contributed by atoms with Gasteiger partial charge in [-0.25, -0.2) is 0 Å². The van der Waals surface area contributed by atoms with Gasteiger partial charge in [0.25, 0.3) is 5.69 Å². The number of hydrogen-bond acceptors (Lipinski definition) is 4. The summed E-state index contributed by atoms with van der Waals surface area (Å²) in [6.07, 6.45) is 4.23. The summed E-state index contributed by atoms with van der Waals surface area (Å²) in [7, 11) is 0. The quantitative estimate of drug-likeness (QED) is 0.622. The van der Waals surface area contributed by atoms with Crippen LogP contribution in [0.5, 0.6) is 0 Å². The summed E-state index contributed by atoms with van der Waals surface area (Å²) in [4.78, 5) is 10.1. The number of nitro benzene ring substituents is 1. The third-order valence-electron chi connectivity index (χ3n) is 3.22. The summed E-state index contributed by atoms with van der Waals surface area (Å²) in [5.74, 6) is 0. The van der Waals surface area contributed by atoms with Gasteiger partial charge >= 0.3 is 0 Å². The molecule has 5 nitrogen and oxygen atoms in total. The Morgan fingerprint density at radius 1 is 1.18 bits per heavy atom. The van der Waals surface area contributed by atoms with E-state index in [0.29, 0.717) is 12.1 Å². The minimum absolute atomic E-state index is 0.126. The second kappa shape index (κ2) is 5.14. The summed E-state index contributed by atoms with van der Waals surface area (Å²) in [6, 6.07) is 7.34. The van der Waals surface area contributed by atoms with Crippen molar-refractivity contribution in [3.05, 3.63) is 34.4 Å². The summed E-state index contributed by atoms with van der Waals surface area (Å²) < 4.78 is 0. The molecule has 92 valence electrons. The molecule has 5 heteroatoms. The smallest absolute Gasteiger partial charge is 0.269 e. The molecule has 1 aromatic rings. The largest absolute Gasteiger partial charge is 0.382 e. The number of nitrogens with one attached hydrogen (secondary N) is 1. The van der Waals surface area contributed by atoms with E-state index < -0.39 is 0 Å². The second-order valence-corrected chi connectivity index (χ2v) is 4.56. The van der Waals surface area contributed by atoms with Crippen LogP contribution in [0.15, 0.2) is 24.3 Å². The van der Waals surface area contributed by atoms with E-state index in [-0.39, 0.29) is 10.6 Å². The number of nitrogens with zero attached hydrogens (tertiary/aromatic N) is 1. The predicted molar refractivity (Wildman–Crippen MR) is 67.0 cm³/mol. The van der Waals surface area contributed by atoms with Crippen molar-refractivity contribution in [1.29, 1.82) is 0 Å². The van der Waals surface area contributed by atoms with Gasteiger partial charge in [-0.3, -0.25) is 10.1 Å². The molecule has 0 radical (unpaired) electrons. The van der Waals surface area contributed by atoms with E-state index in [1.54, 1.807) is 12.1 Å². The molecule has 1 aliphatic rings. The SMILES string of the molecule is NC1CCC(Nc2ccc([N+](=O)[O-])cc2)CC1. The molecule has 1 aromatic carbocycles. The third-order valence-corrected chi connectivity index (χ3v) is 3.22. The highest BCUT2D eigenvalue weighted by molar-refractivity contribution is 5.49. The molecule has 1 fully saturated rings. The monoisotopic (exact) mass is 235 g/mol. The normalized spacial score (nSPS) is 24.3. The Balaban J connectivity index is 1.92. The minimum Gasteiger partial charge on any atom is -0.382 e. The van der Waals surface area contributed by atoms with Crippen LogP contribution in [-0.4, -0.2) is 17.0 Å². The number of benzene rings is 1. The Kier molecular flexibility index (Phi) is 3.58. The molecule has 0 heterocycles. The Labute approximate surface area is 100 Å². The van der Waals surface area contributed by atoms with Gasteiger partial charge in [0.05, 0.1) is 4.92 Å². The van der Waals surface area contributed by atoms with Gasteiger partial charge in [-0.15, -0.1) is 0 Å². The molecule has 1 saturated carbocycles. The highest BCUT2D eigenvalue weighted by Crippen LogP contribution is 2.22. The van der Waals surface area contributed by atoms with E-state index in [4.69, 9.17) is 5.73 Å². The van der Waals surface area contributed by atoms with Gasteiger partial charge < -0.3 is 11.1 Å². The second-order valence-electron chi connectivity index (χ2n) is 4.56. The fourth-order valence-electron chi connectivity index (χ4n) is 2.18. The zero-order chi connectivity index (χ0) is 12.3. The van der Waals surface area contributed by atoms with Crippen LogP contribution < -0.4 is 11.1 Å². The van der Waals surface area contributed by atoms with E-state index in [9.17, 15) is 10.1 Å². The molecule has 0 aromatic heterocycles. The van der Waals surface area contributed by atoms with Gasteiger partial charge in [0, 0.05) is 29.9 Å². The molecular formula is C12H17N3O2. The zero-order valence-electron chi connectivity index (χ0n) is 9.63. The number of anilines is 1. The van der Waals surface area contributed by atoms with Crippen LogP contribution in [0.2, 0.25) is 0 Å². The van der Waals surface area contributed by atoms with Crippen molar-refractivity contribution < 1.29 is 4.92 Å². The first-order valence-electron chi connectivity index (χ1n) is 5.92. The fourth-order valence-corrected chi connectivity index (χ4v) is 2.18. The first-order valence-corrected chi connectivity index (χ1v) is 5.92. The molecule has 0 unspecified atom stereocenters. The van der Waals surface area contributed by atoms with Gasteiger partial charge in [0.15, 0.2) is 0 Å². The molecule has 0 saturated heterocycles. The van der Waals surface area contributed by atoms with E-state index in [2.05, 4.69) is 5.32 Å². The molecular weight excluding hydrogens is 218 g/mol. The molecule has 0 aliphatic heterocycles. The van der Waals surface area contributed by atoms with E-state index >= 15 is 0 Å². The number of non-ortho nitro benzene ring substituents is 1. The lowest BCUT2D eigenvalue weighted by molar-refractivity contribution is -0.384. The van der Waals surface area contributed by atoms with Gasteiger partial charge in [0.2, 0.25) is 0 Å². The molecule has 3 N–H and O–H groups in total. The summed E-state index contributed by atoms with van der Waals surface area (Å²) in [6.45, 7) is 0. The minimum atomic E-state index is -0.386. The Hall–Kier alpha value is -1.62. The molecule has 0 atom stereocenters.